The first-order valence-electron chi connectivity index (χ1n) is 8.81. The number of thiophene rings is 3. The van der Waals surface area contributed by atoms with Crippen molar-refractivity contribution in [2.45, 2.75) is 33.0 Å². The molecule has 2 nitrogen and oxygen atoms in total. The first-order chi connectivity index (χ1) is 12.6. The van der Waals surface area contributed by atoms with E-state index in [1.165, 1.54) is 23.3 Å². The van der Waals surface area contributed by atoms with Crippen LogP contribution in [0.4, 0.5) is 0 Å². The molecule has 26 heavy (non-hydrogen) atoms. The quantitative estimate of drug-likeness (QED) is 0.379. The molecule has 1 fully saturated rings. The minimum absolute atomic E-state index is 0.189. The van der Waals surface area contributed by atoms with Crippen LogP contribution in [0.2, 0.25) is 0 Å². The zero-order chi connectivity index (χ0) is 18.1. The molecule has 6 heteroatoms. The smallest absolute Gasteiger partial charge is 0.193 e. The van der Waals surface area contributed by atoms with Gasteiger partial charge in [-0.25, -0.2) is 0 Å². The van der Waals surface area contributed by atoms with Crippen LogP contribution < -0.4 is 0 Å². The summed E-state index contributed by atoms with van der Waals surface area (Å²) < 4.78 is 13.3. The summed E-state index contributed by atoms with van der Waals surface area (Å²) in [5.74, 6) is 0. The summed E-state index contributed by atoms with van der Waals surface area (Å²) in [5.41, 5.74) is 0.189. The van der Waals surface area contributed by atoms with Crippen LogP contribution in [-0.4, -0.2) is 13.2 Å². The fourth-order valence-electron chi connectivity index (χ4n) is 3.08. The third-order valence-electron chi connectivity index (χ3n) is 5.11. The molecule has 138 valence electrons. The van der Waals surface area contributed by atoms with Gasteiger partial charge in [0.1, 0.15) is 0 Å². The molecule has 4 rings (SSSR count). The van der Waals surface area contributed by atoms with E-state index in [1.54, 1.807) is 22.7 Å². The van der Waals surface area contributed by atoms with E-state index in [1.807, 2.05) is 11.3 Å². The summed E-state index contributed by atoms with van der Waals surface area (Å²) in [6, 6.07) is 13.0. The van der Waals surface area contributed by atoms with Gasteiger partial charge < -0.3 is 9.47 Å². The van der Waals surface area contributed by atoms with Gasteiger partial charge >= 0.3 is 0 Å². The molecule has 0 N–H and O–H groups in total. The van der Waals surface area contributed by atoms with E-state index >= 15 is 0 Å². The van der Waals surface area contributed by atoms with Gasteiger partial charge in [-0.15, -0.1) is 34.0 Å². The molecule has 1 saturated heterocycles. The Bertz CT molecular complexity index is 865. The lowest BCUT2D eigenvalue weighted by molar-refractivity contribution is -0.234. The van der Waals surface area contributed by atoms with Crippen LogP contribution in [0.3, 0.4) is 0 Å². The Hall–Kier alpha value is -0.500. The Morgan fingerprint density at radius 1 is 0.846 bits per heavy atom. The lowest BCUT2D eigenvalue weighted by Gasteiger charge is -2.38. The SMILES string of the molecule is CCC1(CC)COC(c2ccc(-c3ccc(-c4ccc(Br)s4)s3)s2)OC1. The van der Waals surface area contributed by atoms with Crippen LogP contribution in [0.15, 0.2) is 40.2 Å². The minimum Gasteiger partial charge on any atom is -0.347 e. The number of hydrogen-bond acceptors (Lipinski definition) is 5. The van der Waals surface area contributed by atoms with Crippen molar-refractivity contribution in [3.05, 3.63) is 45.1 Å². The van der Waals surface area contributed by atoms with E-state index in [4.69, 9.17) is 9.47 Å². The number of ether oxygens (including phenoxy) is 2. The Morgan fingerprint density at radius 3 is 1.96 bits per heavy atom. The minimum atomic E-state index is -0.215. The molecule has 4 heterocycles. The highest BCUT2D eigenvalue weighted by atomic mass is 79.9. The highest BCUT2D eigenvalue weighted by molar-refractivity contribution is 9.11. The van der Waals surface area contributed by atoms with E-state index < -0.39 is 0 Å². The van der Waals surface area contributed by atoms with Crippen molar-refractivity contribution in [2.24, 2.45) is 5.41 Å². The zero-order valence-corrected chi connectivity index (χ0v) is 18.8. The molecule has 0 radical (unpaired) electrons. The third-order valence-corrected chi connectivity index (χ3v) is 9.31. The lowest BCUT2D eigenvalue weighted by atomic mass is 9.84. The van der Waals surface area contributed by atoms with E-state index in [0.717, 1.165) is 30.9 Å². The number of hydrogen-bond donors (Lipinski definition) is 0. The van der Waals surface area contributed by atoms with Gasteiger partial charge in [0.05, 0.1) is 21.9 Å². The number of rotatable bonds is 5. The molecule has 0 saturated carbocycles. The van der Waals surface area contributed by atoms with Gasteiger partial charge in [-0.1, -0.05) is 13.8 Å². The van der Waals surface area contributed by atoms with Crippen LogP contribution in [0, 0.1) is 5.41 Å². The third kappa shape index (κ3) is 3.73. The van der Waals surface area contributed by atoms with Gasteiger partial charge in [0.25, 0.3) is 0 Å². The monoisotopic (exact) mass is 468 g/mol. The van der Waals surface area contributed by atoms with Crippen molar-refractivity contribution in [1.29, 1.82) is 0 Å². The van der Waals surface area contributed by atoms with Gasteiger partial charge in [-0.3, -0.25) is 0 Å². The molecule has 3 aromatic rings. The summed E-state index contributed by atoms with van der Waals surface area (Å²) in [6.45, 7) is 6.02. The Morgan fingerprint density at radius 2 is 1.38 bits per heavy atom. The fourth-order valence-corrected chi connectivity index (χ4v) is 6.66. The number of halogens is 1. The van der Waals surface area contributed by atoms with Crippen molar-refractivity contribution in [3.8, 4) is 19.5 Å². The predicted molar refractivity (Wildman–Crippen MR) is 116 cm³/mol. The summed E-state index contributed by atoms with van der Waals surface area (Å²) in [4.78, 5) is 6.36. The van der Waals surface area contributed by atoms with Crippen LogP contribution >= 0.6 is 49.9 Å². The molecule has 0 atom stereocenters. The average Bonchev–Trinajstić information content (AvgIpc) is 3.41. The summed E-state index contributed by atoms with van der Waals surface area (Å²) in [5, 5.41) is 0. The second-order valence-electron chi connectivity index (χ2n) is 6.63. The van der Waals surface area contributed by atoms with Crippen LogP contribution in [0.5, 0.6) is 0 Å². The summed E-state index contributed by atoms with van der Waals surface area (Å²) in [6.07, 6.45) is 1.98. The normalized spacial score (nSPS) is 17.7. The van der Waals surface area contributed by atoms with Gasteiger partial charge in [0, 0.05) is 24.9 Å². The molecule has 3 aromatic heterocycles. The predicted octanol–water partition coefficient (Wildman–Crippen LogP) is 7.82. The molecular weight excluding hydrogens is 448 g/mol. The van der Waals surface area contributed by atoms with Crippen molar-refractivity contribution in [3.63, 3.8) is 0 Å². The van der Waals surface area contributed by atoms with Gasteiger partial charge in [-0.2, -0.15) is 0 Å². The van der Waals surface area contributed by atoms with Crippen molar-refractivity contribution in [1.82, 2.24) is 0 Å². The zero-order valence-electron chi connectivity index (χ0n) is 14.8. The highest BCUT2D eigenvalue weighted by Gasteiger charge is 2.35. The largest absolute Gasteiger partial charge is 0.347 e. The van der Waals surface area contributed by atoms with Crippen molar-refractivity contribution in [2.75, 3.05) is 13.2 Å². The Labute approximate surface area is 174 Å². The second kappa shape index (κ2) is 7.86. The molecule has 0 bridgehead atoms. The van der Waals surface area contributed by atoms with E-state index in [-0.39, 0.29) is 11.7 Å². The molecule has 0 unspecified atom stereocenters. The van der Waals surface area contributed by atoms with Crippen molar-refractivity contribution < 1.29 is 9.47 Å². The maximum absolute atomic E-state index is 6.08. The van der Waals surface area contributed by atoms with E-state index in [0.29, 0.717) is 0 Å². The maximum Gasteiger partial charge on any atom is 0.193 e. The van der Waals surface area contributed by atoms with Gasteiger partial charge in [0.15, 0.2) is 6.29 Å². The van der Waals surface area contributed by atoms with Crippen molar-refractivity contribution >= 4 is 49.9 Å². The standard InChI is InChI=1S/C20H21BrO2S3/c1-3-20(4-2)11-22-19(23-12-20)17-8-7-14(25-17)13-5-6-15(24-13)16-9-10-18(21)26-16/h5-10,19H,3-4,11-12H2,1-2H3. The molecule has 0 amide bonds. The second-order valence-corrected chi connectivity index (χ2v) is 11.3. The van der Waals surface area contributed by atoms with Crippen LogP contribution in [0.1, 0.15) is 37.9 Å². The highest BCUT2D eigenvalue weighted by Crippen LogP contribution is 2.43. The first kappa shape index (κ1) is 18.8. The first-order valence-corrected chi connectivity index (χ1v) is 12.1. The van der Waals surface area contributed by atoms with Gasteiger partial charge in [0.2, 0.25) is 0 Å². The van der Waals surface area contributed by atoms with Gasteiger partial charge in [-0.05, 0) is 65.2 Å². The average molecular weight is 469 g/mol. The maximum atomic E-state index is 6.08. The van der Waals surface area contributed by atoms with Crippen LogP contribution in [-0.2, 0) is 9.47 Å². The summed E-state index contributed by atoms with van der Waals surface area (Å²) in [7, 11) is 0. The van der Waals surface area contributed by atoms with E-state index in [9.17, 15) is 0 Å². The lowest BCUT2D eigenvalue weighted by Crippen LogP contribution is -2.37. The van der Waals surface area contributed by atoms with Crippen LogP contribution in [0.25, 0.3) is 19.5 Å². The summed E-state index contributed by atoms with van der Waals surface area (Å²) >= 11 is 8.93. The molecule has 1 aliphatic heterocycles. The van der Waals surface area contributed by atoms with E-state index in [2.05, 4.69) is 66.2 Å². The topological polar surface area (TPSA) is 18.5 Å². The molecule has 1 aliphatic rings. The fraction of sp³-hybridized carbons (Fsp3) is 0.400. The molecule has 0 aliphatic carbocycles. The molecule has 0 spiro atoms. The Kier molecular flexibility index (Phi) is 5.69. The Balaban J connectivity index is 1.48. The molecule has 0 aromatic carbocycles. The molecular formula is C20H21BrO2S3.